The van der Waals surface area contributed by atoms with E-state index in [9.17, 15) is 14.4 Å². The molecule has 0 bridgehead atoms. The molecule has 130 valence electrons. The Labute approximate surface area is 141 Å². The van der Waals surface area contributed by atoms with Crippen molar-refractivity contribution in [3.8, 4) is 0 Å². The fourth-order valence-electron chi connectivity index (χ4n) is 1.66. The van der Waals surface area contributed by atoms with Gasteiger partial charge in [0.25, 0.3) is 0 Å². The van der Waals surface area contributed by atoms with E-state index in [2.05, 4.69) is 4.74 Å². The van der Waals surface area contributed by atoms with Gasteiger partial charge < -0.3 is 14.2 Å². The van der Waals surface area contributed by atoms with Crippen molar-refractivity contribution in [2.45, 2.75) is 33.0 Å². The largest absolute Gasteiger partial charge is 0.469 e. The normalized spacial score (nSPS) is 12.0. The second kappa shape index (κ2) is 10.2. The van der Waals surface area contributed by atoms with Crippen molar-refractivity contribution in [2.24, 2.45) is 5.92 Å². The number of carbonyl (C=O) groups excluding carboxylic acids is 3. The molecule has 0 spiro atoms. The molecule has 1 rings (SSSR count). The number of methoxy groups -OCH3 is 1. The predicted molar refractivity (Wildman–Crippen MR) is 87.0 cm³/mol. The zero-order chi connectivity index (χ0) is 17.9. The molecule has 0 amide bonds. The van der Waals surface area contributed by atoms with Gasteiger partial charge in [-0.1, -0.05) is 44.2 Å². The first-order chi connectivity index (χ1) is 11.4. The van der Waals surface area contributed by atoms with Gasteiger partial charge in [0, 0.05) is 5.92 Å². The van der Waals surface area contributed by atoms with Gasteiger partial charge >= 0.3 is 17.9 Å². The Bertz CT molecular complexity index is 576. The average molecular weight is 334 g/mol. The van der Waals surface area contributed by atoms with Gasteiger partial charge in [-0.05, 0) is 12.1 Å². The van der Waals surface area contributed by atoms with Crippen LogP contribution >= 0.6 is 0 Å². The maximum atomic E-state index is 12.0. The third-order valence-electron chi connectivity index (χ3n) is 2.99. The summed E-state index contributed by atoms with van der Waals surface area (Å²) < 4.78 is 14.9. The van der Waals surface area contributed by atoms with Crippen molar-refractivity contribution in [2.75, 3.05) is 7.11 Å². The van der Waals surface area contributed by atoms with Crippen LogP contribution in [-0.4, -0.2) is 31.3 Å². The monoisotopic (exact) mass is 334 g/mol. The molecule has 0 fully saturated rings. The van der Waals surface area contributed by atoms with Gasteiger partial charge in [0.15, 0.2) is 0 Å². The van der Waals surface area contributed by atoms with E-state index in [1.165, 1.54) is 19.3 Å². The van der Waals surface area contributed by atoms with Crippen LogP contribution in [0.3, 0.4) is 0 Å². The Morgan fingerprint density at radius 3 is 2.08 bits per heavy atom. The topological polar surface area (TPSA) is 78.9 Å². The number of esters is 3. The molecule has 24 heavy (non-hydrogen) atoms. The SMILES string of the molecule is COC(=O)C/C=C/CC(=O)OC(OC(=O)c1ccccc1)C(C)C. The highest BCUT2D eigenvalue weighted by Gasteiger charge is 2.23. The van der Waals surface area contributed by atoms with E-state index in [-0.39, 0.29) is 18.8 Å². The molecule has 0 aliphatic heterocycles. The molecule has 6 heteroatoms. The van der Waals surface area contributed by atoms with Gasteiger partial charge in [-0.25, -0.2) is 4.79 Å². The molecule has 0 aliphatic carbocycles. The Morgan fingerprint density at radius 2 is 1.54 bits per heavy atom. The fourth-order valence-corrected chi connectivity index (χ4v) is 1.66. The summed E-state index contributed by atoms with van der Waals surface area (Å²) in [6, 6.07) is 8.48. The molecule has 0 saturated heterocycles. The number of rotatable bonds is 8. The summed E-state index contributed by atoms with van der Waals surface area (Å²) in [7, 11) is 1.29. The van der Waals surface area contributed by atoms with Crippen LogP contribution in [0.2, 0.25) is 0 Å². The highest BCUT2D eigenvalue weighted by molar-refractivity contribution is 5.89. The number of hydrogen-bond acceptors (Lipinski definition) is 6. The molecule has 0 aromatic heterocycles. The third kappa shape index (κ3) is 7.09. The smallest absolute Gasteiger partial charge is 0.341 e. The first kappa shape index (κ1) is 19.4. The second-order valence-electron chi connectivity index (χ2n) is 5.33. The lowest BCUT2D eigenvalue weighted by atomic mass is 10.2. The van der Waals surface area contributed by atoms with Crippen molar-refractivity contribution in [1.82, 2.24) is 0 Å². The van der Waals surface area contributed by atoms with Gasteiger partial charge in [-0.2, -0.15) is 0 Å². The highest BCUT2D eigenvalue weighted by atomic mass is 16.7. The van der Waals surface area contributed by atoms with E-state index in [4.69, 9.17) is 9.47 Å². The molecule has 6 nitrogen and oxygen atoms in total. The standard InChI is InChI=1S/C18H22O6/c1-13(2)18(24-17(21)14-9-5-4-6-10-14)23-16(20)12-8-7-11-15(19)22-3/h4-10,13,18H,11-12H2,1-3H3/b8-7+. The second-order valence-corrected chi connectivity index (χ2v) is 5.33. The Balaban J connectivity index is 2.52. The molecule has 0 saturated carbocycles. The quantitative estimate of drug-likeness (QED) is 0.413. The summed E-state index contributed by atoms with van der Waals surface area (Å²) >= 11 is 0. The summed E-state index contributed by atoms with van der Waals surface area (Å²) in [5, 5.41) is 0. The number of benzene rings is 1. The summed E-state index contributed by atoms with van der Waals surface area (Å²) in [6.07, 6.45) is 2.12. The summed E-state index contributed by atoms with van der Waals surface area (Å²) in [4.78, 5) is 34.8. The van der Waals surface area contributed by atoms with Crippen LogP contribution in [-0.2, 0) is 23.8 Å². The van der Waals surface area contributed by atoms with Crippen LogP contribution in [0.1, 0.15) is 37.0 Å². The van der Waals surface area contributed by atoms with Crippen LogP contribution in [0.5, 0.6) is 0 Å². The van der Waals surface area contributed by atoms with Crippen molar-refractivity contribution in [3.63, 3.8) is 0 Å². The minimum Gasteiger partial charge on any atom is -0.469 e. The van der Waals surface area contributed by atoms with Crippen LogP contribution in [0, 0.1) is 5.92 Å². The maximum Gasteiger partial charge on any atom is 0.341 e. The summed E-state index contributed by atoms with van der Waals surface area (Å²) in [6.45, 7) is 3.56. The summed E-state index contributed by atoms with van der Waals surface area (Å²) in [5.41, 5.74) is 0.386. The Hall–Kier alpha value is -2.63. The van der Waals surface area contributed by atoms with Gasteiger partial charge in [0.1, 0.15) is 0 Å². The molecule has 0 N–H and O–H groups in total. The first-order valence-corrected chi connectivity index (χ1v) is 7.61. The van der Waals surface area contributed by atoms with Crippen LogP contribution < -0.4 is 0 Å². The molecule has 1 atom stereocenters. The lowest BCUT2D eigenvalue weighted by Gasteiger charge is -2.21. The van der Waals surface area contributed by atoms with E-state index in [1.807, 2.05) is 0 Å². The van der Waals surface area contributed by atoms with Crippen molar-refractivity contribution in [3.05, 3.63) is 48.0 Å². The highest BCUT2D eigenvalue weighted by Crippen LogP contribution is 2.13. The van der Waals surface area contributed by atoms with E-state index in [1.54, 1.807) is 44.2 Å². The van der Waals surface area contributed by atoms with Crippen molar-refractivity contribution in [1.29, 1.82) is 0 Å². The molecule has 1 aromatic carbocycles. The molecule has 1 unspecified atom stereocenters. The molecular formula is C18H22O6. The minimum absolute atomic E-state index is 0.0247. The van der Waals surface area contributed by atoms with Crippen molar-refractivity contribution < 1.29 is 28.6 Å². The van der Waals surface area contributed by atoms with E-state index < -0.39 is 24.2 Å². The van der Waals surface area contributed by atoms with E-state index in [0.717, 1.165) is 0 Å². The van der Waals surface area contributed by atoms with Crippen molar-refractivity contribution >= 4 is 17.9 Å². The lowest BCUT2D eigenvalue weighted by Crippen LogP contribution is -2.29. The Kier molecular flexibility index (Phi) is 8.25. The molecular weight excluding hydrogens is 312 g/mol. The molecule has 1 aromatic rings. The minimum atomic E-state index is -0.973. The fraction of sp³-hybridized carbons (Fsp3) is 0.389. The van der Waals surface area contributed by atoms with Crippen LogP contribution in [0.25, 0.3) is 0 Å². The van der Waals surface area contributed by atoms with Gasteiger partial charge in [0.2, 0.25) is 6.29 Å². The van der Waals surface area contributed by atoms with Crippen LogP contribution in [0.15, 0.2) is 42.5 Å². The van der Waals surface area contributed by atoms with Gasteiger partial charge in [-0.15, -0.1) is 0 Å². The lowest BCUT2D eigenvalue weighted by molar-refractivity contribution is -0.174. The number of ether oxygens (including phenoxy) is 3. The zero-order valence-corrected chi connectivity index (χ0v) is 14.1. The summed E-state index contributed by atoms with van der Waals surface area (Å²) in [5.74, 6) is -1.68. The average Bonchev–Trinajstić information content (AvgIpc) is 2.58. The molecule has 0 aliphatic rings. The molecule has 0 radical (unpaired) electrons. The van der Waals surface area contributed by atoms with Gasteiger partial charge in [0.05, 0.1) is 25.5 Å². The predicted octanol–water partition coefficient (Wildman–Crippen LogP) is 2.88. The Morgan fingerprint density at radius 1 is 0.958 bits per heavy atom. The van der Waals surface area contributed by atoms with E-state index >= 15 is 0 Å². The third-order valence-corrected chi connectivity index (χ3v) is 2.99. The number of hydrogen-bond donors (Lipinski definition) is 0. The first-order valence-electron chi connectivity index (χ1n) is 7.61. The van der Waals surface area contributed by atoms with Gasteiger partial charge in [-0.3, -0.25) is 9.59 Å². The molecule has 0 heterocycles. The zero-order valence-electron chi connectivity index (χ0n) is 14.1. The number of carbonyl (C=O) groups is 3. The maximum absolute atomic E-state index is 12.0. The van der Waals surface area contributed by atoms with Crippen LogP contribution in [0.4, 0.5) is 0 Å². The van der Waals surface area contributed by atoms with E-state index in [0.29, 0.717) is 5.56 Å².